The van der Waals surface area contributed by atoms with Crippen LogP contribution in [-0.2, 0) is 6.61 Å². The number of hydrogen-bond acceptors (Lipinski definition) is 4. The zero-order chi connectivity index (χ0) is 14.0. The Morgan fingerprint density at radius 3 is 2.47 bits per heavy atom. The van der Waals surface area contributed by atoms with Gasteiger partial charge in [-0.15, -0.1) is 0 Å². The first-order valence-corrected chi connectivity index (χ1v) is 5.99. The minimum Gasteiger partial charge on any atom is -0.496 e. The molecule has 0 unspecified atom stereocenters. The Morgan fingerprint density at radius 1 is 1.21 bits per heavy atom. The first-order valence-electron chi connectivity index (χ1n) is 5.99. The molecular weight excluding hydrogens is 244 g/mol. The number of nitrogens with one attached hydrogen (secondary N) is 1. The Hall–Kier alpha value is -2.01. The third-order valence-electron chi connectivity index (χ3n) is 3.29. The van der Waals surface area contributed by atoms with Gasteiger partial charge in [-0.3, -0.25) is 0 Å². The first-order chi connectivity index (χ1) is 9.12. The van der Waals surface area contributed by atoms with Crippen molar-refractivity contribution in [1.29, 1.82) is 0 Å². The third kappa shape index (κ3) is 2.29. The van der Waals surface area contributed by atoms with Crippen LogP contribution in [0.1, 0.15) is 17.0 Å². The molecule has 5 heteroatoms. The van der Waals surface area contributed by atoms with Crippen LogP contribution >= 0.6 is 0 Å². The van der Waals surface area contributed by atoms with E-state index in [1.165, 1.54) is 0 Å². The monoisotopic (exact) mass is 262 g/mol. The molecular formula is C14H18N2O3. The van der Waals surface area contributed by atoms with Crippen LogP contribution in [0.5, 0.6) is 11.5 Å². The van der Waals surface area contributed by atoms with E-state index in [1.807, 2.05) is 19.9 Å². The molecule has 0 bridgehead atoms. The maximum atomic E-state index is 9.07. The number of imidazole rings is 1. The number of hydrogen-bond donors (Lipinski definition) is 2. The number of methoxy groups -OCH3 is 2. The quantitative estimate of drug-likeness (QED) is 0.886. The van der Waals surface area contributed by atoms with Crippen LogP contribution in [0.2, 0.25) is 0 Å². The fraction of sp³-hybridized carbons (Fsp3) is 0.357. The second-order valence-corrected chi connectivity index (χ2v) is 4.31. The smallest absolute Gasteiger partial charge is 0.132 e. The highest BCUT2D eigenvalue weighted by Crippen LogP contribution is 2.38. The molecule has 2 N–H and O–H groups in total. The van der Waals surface area contributed by atoms with Gasteiger partial charge in [-0.2, -0.15) is 0 Å². The van der Waals surface area contributed by atoms with Crippen LogP contribution in [-0.4, -0.2) is 29.3 Å². The number of H-pyrrole nitrogens is 1. The highest BCUT2D eigenvalue weighted by Gasteiger charge is 2.16. The Balaban J connectivity index is 2.64. The summed E-state index contributed by atoms with van der Waals surface area (Å²) in [5.41, 5.74) is 3.74. The Kier molecular flexibility index (Phi) is 3.76. The van der Waals surface area contributed by atoms with Crippen LogP contribution < -0.4 is 9.47 Å². The fourth-order valence-electron chi connectivity index (χ4n) is 2.12. The molecule has 0 saturated heterocycles. The van der Waals surface area contributed by atoms with Gasteiger partial charge in [0.1, 0.15) is 23.9 Å². The van der Waals surface area contributed by atoms with Crippen LogP contribution in [0.4, 0.5) is 0 Å². The van der Waals surface area contributed by atoms with Crippen molar-refractivity contribution in [3.63, 3.8) is 0 Å². The van der Waals surface area contributed by atoms with Crippen molar-refractivity contribution in [1.82, 2.24) is 9.97 Å². The van der Waals surface area contributed by atoms with Gasteiger partial charge in [0.2, 0.25) is 0 Å². The molecule has 0 amide bonds. The fourth-order valence-corrected chi connectivity index (χ4v) is 2.12. The molecule has 1 aromatic carbocycles. The van der Waals surface area contributed by atoms with Crippen molar-refractivity contribution in [3.8, 4) is 22.8 Å². The van der Waals surface area contributed by atoms with Crippen molar-refractivity contribution >= 4 is 0 Å². The summed E-state index contributed by atoms with van der Waals surface area (Å²) in [5, 5.41) is 9.07. The van der Waals surface area contributed by atoms with Gasteiger partial charge in [-0.05, 0) is 31.0 Å². The van der Waals surface area contributed by atoms with Crippen LogP contribution in [0.3, 0.4) is 0 Å². The number of nitrogens with zero attached hydrogens (tertiary/aromatic N) is 1. The topological polar surface area (TPSA) is 67.4 Å². The minimum atomic E-state index is -0.121. The number of aromatic amines is 1. The van der Waals surface area contributed by atoms with Crippen LogP contribution in [0.15, 0.2) is 12.3 Å². The molecule has 5 nitrogen and oxygen atoms in total. The first kappa shape index (κ1) is 13.4. The molecule has 0 fully saturated rings. The largest absolute Gasteiger partial charge is 0.496 e. The third-order valence-corrected chi connectivity index (χ3v) is 3.29. The average Bonchev–Trinajstić information content (AvgIpc) is 2.90. The van der Waals surface area contributed by atoms with Crippen molar-refractivity contribution in [3.05, 3.63) is 29.2 Å². The second kappa shape index (κ2) is 5.32. The summed E-state index contributed by atoms with van der Waals surface area (Å²) in [6.07, 6.45) is 1.68. The van der Waals surface area contributed by atoms with E-state index in [0.717, 1.165) is 33.9 Å². The zero-order valence-corrected chi connectivity index (χ0v) is 11.6. The van der Waals surface area contributed by atoms with Gasteiger partial charge in [0, 0.05) is 5.56 Å². The second-order valence-electron chi connectivity index (χ2n) is 4.31. The lowest BCUT2D eigenvalue weighted by atomic mass is 10.0. The summed E-state index contributed by atoms with van der Waals surface area (Å²) in [6, 6.07) is 1.91. The highest BCUT2D eigenvalue weighted by molar-refractivity contribution is 5.72. The lowest BCUT2D eigenvalue weighted by Gasteiger charge is -2.16. The summed E-state index contributed by atoms with van der Waals surface area (Å²) in [4.78, 5) is 7.15. The van der Waals surface area contributed by atoms with Crippen molar-refractivity contribution < 1.29 is 14.6 Å². The van der Waals surface area contributed by atoms with E-state index >= 15 is 0 Å². The van der Waals surface area contributed by atoms with Crippen molar-refractivity contribution in [2.24, 2.45) is 0 Å². The standard InChI is InChI=1S/C14H18N2O3/c1-8-9(2)14(19-4)10(5-12(8)18-3)11-6-15-13(7-17)16-11/h5-6,17H,7H2,1-4H3,(H,15,16). The molecule has 2 aromatic rings. The molecule has 2 rings (SSSR count). The molecule has 1 aromatic heterocycles. The number of benzene rings is 1. The molecule has 0 atom stereocenters. The van der Waals surface area contributed by atoms with Gasteiger partial charge in [-0.1, -0.05) is 0 Å². The van der Waals surface area contributed by atoms with Crippen molar-refractivity contribution in [2.45, 2.75) is 20.5 Å². The summed E-state index contributed by atoms with van der Waals surface area (Å²) in [5.74, 6) is 2.11. The van der Waals surface area contributed by atoms with Gasteiger partial charge in [0.15, 0.2) is 0 Å². The summed E-state index contributed by atoms with van der Waals surface area (Å²) >= 11 is 0. The van der Waals surface area contributed by atoms with E-state index < -0.39 is 0 Å². The molecule has 0 radical (unpaired) electrons. The number of ether oxygens (including phenoxy) is 2. The number of aliphatic hydroxyl groups excluding tert-OH is 1. The molecule has 102 valence electrons. The van der Waals surface area contributed by atoms with Crippen LogP contribution in [0.25, 0.3) is 11.3 Å². The number of aliphatic hydroxyl groups is 1. The SMILES string of the molecule is COc1cc(-c2cnc(CO)[nH]2)c(OC)c(C)c1C. The van der Waals surface area contributed by atoms with E-state index in [0.29, 0.717) is 5.82 Å². The molecule has 0 aliphatic rings. The Bertz CT molecular complexity index is 591. The van der Waals surface area contributed by atoms with Crippen molar-refractivity contribution in [2.75, 3.05) is 14.2 Å². The van der Waals surface area contributed by atoms with Gasteiger partial charge in [-0.25, -0.2) is 4.98 Å². The molecule has 0 spiro atoms. The van der Waals surface area contributed by atoms with Gasteiger partial charge >= 0.3 is 0 Å². The Labute approximate surface area is 112 Å². The lowest BCUT2D eigenvalue weighted by molar-refractivity contribution is 0.272. The molecule has 0 aliphatic heterocycles. The predicted octanol–water partition coefficient (Wildman–Crippen LogP) is 2.20. The van der Waals surface area contributed by atoms with Gasteiger partial charge in [0.25, 0.3) is 0 Å². The van der Waals surface area contributed by atoms with E-state index in [9.17, 15) is 0 Å². The predicted molar refractivity (Wildman–Crippen MR) is 72.5 cm³/mol. The average molecular weight is 262 g/mol. The van der Waals surface area contributed by atoms with Gasteiger partial charge < -0.3 is 19.6 Å². The van der Waals surface area contributed by atoms with E-state index in [1.54, 1.807) is 20.4 Å². The zero-order valence-electron chi connectivity index (χ0n) is 11.6. The van der Waals surface area contributed by atoms with E-state index in [2.05, 4.69) is 9.97 Å². The van der Waals surface area contributed by atoms with E-state index in [4.69, 9.17) is 14.6 Å². The number of aromatic nitrogens is 2. The molecule has 19 heavy (non-hydrogen) atoms. The minimum absolute atomic E-state index is 0.121. The maximum Gasteiger partial charge on any atom is 0.132 e. The normalized spacial score (nSPS) is 10.6. The lowest BCUT2D eigenvalue weighted by Crippen LogP contribution is -1.98. The van der Waals surface area contributed by atoms with Crippen LogP contribution in [0, 0.1) is 13.8 Å². The Morgan fingerprint density at radius 2 is 1.95 bits per heavy atom. The summed E-state index contributed by atoms with van der Waals surface area (Å²) in [6.45, 7) is 3.86. The number of rotatable bonds is 4. The molecule has 0 aliphatic carbocycles. The molecule has 0 saturated carbocycles. The van der Waals surface area contributed by atoms with Gasteiger partial charge in [0.05, 0.1) is 26.1 Å². The summed E-state index contributed by atoms with van der Waals surface area (Å²) in [7, 11) is 3.28. The highest BCUT2D eigenvalue weighted by atomic mass is 16.5. The van der Waals surface area contributed by atoms with E-state index in [-0.39, 0.29) is 6.61 Å². The molecule has 1 heterocycles. The summed E-state index contributed by atoms with van der Waals surface area (Å²) < 4.78 is 10.9. The maximum absolute atomic E-state index is 9.07.